The number of esters is 3. The average Bonchev–Trinajstić information content (AvgIpc) is 3.05. The molecule has 0 aromatic rings. The lowest BCUT2D eigenvalue weighted by atomic mass is 9.60. The van der Waals surface area contributed by atoms with Crippen LogP contribution in [0.5, 0.6) is 0 Å². The molecular formula is C26H38O7. The van der Waals surface area contributed by atoms with Crippen molar-refractivity contribution in [2.24, 2.45) is 23.2 Å². The van der Waals surface area contributed by atoms with E-state index in [2.05, 4.69) is 13.5 Å². The summed E-state index contributed by atoms with van der Waals surface area (Å²) in [7, 11) is 0. The third kappa shape index (κ3) is 4.88. The first-order valence-corrected chi connectivity index (χ1v) is 12.0. The lowest BCUT2D eigenvalue weighted by Gasteiger charge is -2.49. The number of rotatable bonds is 3. The van der Waals surface area contributed by atoms with Crippen LogP contribution in [-0.2, 0) is 28.6 Å². The Morgan fingerprint density at radius 3 is 2.12 bits per heavy atom. The number of ether oxygens (including phenoxy) is 3. The van der Waals surface area contributed by atoms with E-state index in [1.807, 2.05) is 13.8 Å². The molecule has 0 aliphatic heterocycles. The lowest BCUT2D eigenvalue weighted by Crippen LogP contribution is -2.54. The zero-order valence-electron chi connectivity index (χ0n) is 20.7. The van der Waals surface area contributed by atoms with Crippen LogP contribution in [0.3, 0.4) is 0 Å². The second-order valence-corrected chi connectivity index (χ2v) is 10.4. The van der Waals surface area contributed by atoms with Crippen molar-refractivity contribution in [3.05, 3.63) is 23.3 Å². The van der Waals surface area contributed by atoms with Crippen LogP contribution in [0.1, 0.15) is 73.6 Å². The van der Waals surface area contributed by atoms with Crippen LogP contribution in [0.2, 0.25) is 0 Å². The van der Waals surface area contributed by atoms with Gasteiger partial charge in [-0.2, -0.15) is 0 Å². The van der Waals surface area contributed by atoms with Gasteiger partial charge >= 0.3 is 17.9 Å². The Labute approximate surface area is 196 Å². The fraction of sp³-hybridized carbons (Fsp3) is 0.731. The van der Waals surface area contributed by atoms with E-state index in [1.165, 1.54) is 20.8 Å². The van der Waals surface area contributed by atoms with Crippen LogP contribution in [0.25, 0.3) is 0 Å². The van der Waals surface area contributed by atoms with Crippen LogP contribution in [0.4, 0.5) is 0 Å². The van der Waals surface area contributed by atoms with Crippen molar-refractivity contribution in [2.45, 2.75) is 98.1 Å². The smallest absolute Gasteiger partial charge is 0.303 e. The predicted octanol–water partition coefficient (Wildman–Crippen LogP) is 3.88. The average molecular weight is 463 g/mol. The minimum atomic E-state index is -0.954. The minimum absolute atomic E-state index is 0.00587. The predicted molar refractivity (Wildman–Crippen MR) is 122 cm³/mol. The molecule has 3 rings (SSSR count). The molecule has 0 radical (unpaired) electrons. The Balaban J connectivity index is 2.20. The number of aliphatic hydroxyl groups excluding tert-OH is 1. The van der Waals surface area contributed by atoms with E-state index in [4.69, 9.17) is 14.2 Å². The van der Waals surface area contributed by atoms with E-state index in [0.717, 1.165) is 24.0 Å². The number of aliphatic hydroxyl groups is 1. The normalized spacial score (nSPS) is 38.9. The highest BCUT2D eigenvalue weighted by atomic mass is 16.6. The fourth-order valence-corrected chi connectivity index (χ4v) is 6.56. The van der Waals surface area contributed by atoms with Crippen LogP contribution in [0.15, 0.2) is 23.3 Å². The Morgan fingerprint density at radius 1 is 0.970 bits per heavy atom. The minimum Gasteiger partial charge on any atom is -0.458 e. The number of carbonyl (C=O) groups is 3. The third-order valence-corrected chi connectivity index (χ3v) is 7.98. The van der Waals surface area contributed by atoms with Gasteiger partial charge in [0.25, 0.3) is 0 Å². The molecule has 0 heterocycles. The summed E-state index contributed by atoms with van der Waals surface area (Å²) in [5.41, 5.74) is 1.98. The molecule has 1 fully saturated rings. The second kappa shape index (κ2) is 9.61. The Bertz CT molecular complexity index is 859. The topological polar surface area (TPSA) is 99.1 Å². The van der Waals surface area contributed by atoms with E-state index in [-0.39, 0.29) is 23.7 Å². The zero-order chi connectivity index (χ0) is 24.7. The number of allylic oxidation sites excluding steroid dienone is 1. The Morgan fingerprint density at radius 2 is 1.55 bits per heavy atom. The molecule has 33 heavy (non-hydrogen) atoms. The number of hydrogen-bond acceptors (Lipinski definition) is 7. The highest BCUT2D eigenvalue weighted by Crippen LogP contribution is 2.60. The van der Waals surface area contributed by atoms with Crippen molar-refractivity contribution in [3.63, 3.8) is 0 Å². The maximum atomic E-state index is 12.1. The fourth-order valence-electron chi connectivity index (χ4n) is 6.56. The first-order valence-electron chi connectivity index (χ1n) is 12.0. The SMILES string of the molecule is C=C1[C@H](OC(C)=O)CC[C@H](C)C[C@H](OC(C)=O)C2=C(C)[C@@H]3[C@H]1CC[C@]3(C)[C@@H](O)[C@@H]2OC(C)=O. The molecule has 0 spiro atoms. The molecular weight excluding hydrogens is 424 g/mol. The molecule has 3 aliphatic carbocycles. The summed E-state index contributed by atoms with van der Waals surface area (Å²) in [6.45, 7) is 14.6. The summed E-state index contributed by atoms with van der Waals surface area (Å²) >= 11 is 0. The summed E-state index contributed by atoms with van der Waals surface area (Å²) in [6, 6.07) is 0. The van der Waals surface area contributed by atoms with Crippen molar-refractivity contribution in [1.82, 2.24) is 0 Å². The quantitative estimate of drug-likeness (QED) is 0.386. The largest absolute Gasteiger partial charge is 0.458 e. The molecule has 1 N–H and O–H groups in total. The van der Waals surface area contributed by atoms with Gasteiger partial charge in [-0.1, -0.05) is 26.0 Å². The van der Waals surface area contributed by atoms with E-state index >= 15 is 0 Å². The Hall–Kier alpha value is -2.15. The van der Waals surface area contributed by atoms with Crippen molar-refractivity contribution in [1.29, 1.82) is 0 Å². The highest BCUT2D eigenvalue weighted by Gasteiger charge is 2.59. The lowest BCUT2D eigenvalue weighted by molar-refractivity contribution is -0.161. The van der Waals surface area contributed by atoms with E-state index in [1.54, 1.807) is 0 Å². The molecule has 0 saturated heterocycles. The van der Waals surface area contributed by atoms with Gasteiger partial charge < -0.3 is 19.3 Å². The van der Waals surface area contributed by atoms with Crippen LogP contribution in [0, 0.1) is 23.2 Å². The maximum Gasteiger partial charge on any atom is 0.303 e. The molecule has 0 aromatic carbocycles. The molecule has 0 aromatic heterocycles. The Kier molecular flexibility index (Phi) is 7.42. The van der Waals surface area contributed by atoms with E-state index < -0.39 is 41.8 Å². The molecule has 7 nitrogen and oxygen atoms in total. The molecule has 8 atom stereocenters. The van der Waals surface area contributed by atoms with Crippen molar-refractivity contribution < 1.29 is 33.7 Å². The molecule has 2 bridgehead atoms. The molecule has 1 saturated carbocycles. The van der Waals surface area contributed by atoms with Gasteiger partial charge in [-0.25, -0.2) is 0 Å². The van der Waals surface area contributed by atoms with Crippen LogP contribution >= 0.6 is 0 Å². The van der Waals surface area contributed by atoms with Crippen LogP contribution in [-0.4, -0.2) is 47.4 Å². The standard InChI is InChI=1S/C26H38O7/c1-13-8-9-20(31-16(4)27)14(2)19-10-11-26(7)23(19)15(3)22(21(12-13)32-17(5)28)24(25(26)30)33-18(6)29/h13,19-21,23-25,30H,2,8-12H2,1,3-7H3/t13-,19-,20+,21-,23+,24+,25-,26-/m0/s1. The monoisotopic (exact) mass is 462 g/mol. The van der Waals surface area contributed by atoms with Gasteiger partial charge in [-0.15, -0.1) is 0 Å². The number of carbonyl (C=O) groups excluding carboxylic acids is 3. The molecule has 3 aliphatic rings. The van der Waals surface area contributed by atoms with Crippen molar-refractivity contribution >= 4 is 17.9 Å². The summed E-state index contributed by atoms with van der Waals surface area (Å²) in [5, 5.41) is 11.6. The first kappa shape index (κ1) is 25.5. The van der Waals surface area contributed by atoms with E-state index in [0.29, 0.717) is 24.8 Å². The molecule has 7 heteroatoms. The third-order valence-electron chi connectivity index (χ3n) is 7.98. The van der Waals surface area contributed by atoms with Crippen LogP contribution < -0.4 is 0 Å². The number of hydrogen-bond donors (Lipinski definition) is 1. The van der Waals surface area contributed by atoms with Crippen molar-refractivity contribution in [2.75, 3.05) is 0 Å². The summed E-state index contributed by atoms with van der Waals surface area (Å²) in [4.78, 5) is 35.9. The van der Waals surface area contributed by atoms with Gasteiger partial charge in [0.05, 0.1) is 0 Å². The van der Waals surface area contributed by atoms with Crippen molar-refractivity contribution in [3.8, 4) is 0 Å². The van der Waals surface area contributed by atoms with E-state index in [9.17, 15) is 19.5 Å². The van der Waals surface area contributed by atoms with Gasteiger partial charge in [-0.05, 0) is 62.4 Å². The maximum absolute atomic E-state index is 12.1. The molecule has 0 unspecified atom stereocenters. The van der Waals surface area contributed by atoms with Gasteiger partial charge in [0.1, 0.15) is 18.3 Å². The molecule has 184 valence electrons. The van der Waals surface area contributed by atoms with Gasteiger partial charge in [0.15, 0.2) is 6.10 Å². The summed E-state index contributed by atoms with van der Waals surface area (Å²) < 4.78 is 17.2. The first-order chi connectivity index (χ1) is 15.4. The van der Waals surface area contributed by atoms with Gasteiger partial charge in [-0.3, -0.25) is 14.4 Å². The molecule has 0 amide bonds. The zero-order valence-corrected chi connectivity index (χ0v) is 20.7. The highest BCUT2D eigenvalue weighted by molar-refractivity contribution is 5.68. The van der Waals surface area contributed by atoms with Gasteiger partial charge in [0.2, 0.25) is 0 Å². The summed E-state index contributed by atoms with van der Waals surface area (Å²) in [6.07, 6.45) is 0.549. The second-order valence-electron chi connectivity index (χ2n) is 10.4. The van der Waals surface area contributed by atoms with Gasteiger partial charge in [0, 0.05) is 31.8 Å². The summed E-state index contributed by atoms with van der Waals surface area (Å²) in [5.74, 6) is -1.22.